The Kier molecular flexibility index (Phi) is 5.11. The molecule has 2 saturated heterocycles. The molecule has 120 valence electrons. The van der Waals surface area contributed by atoms with E-state index < -0.39 is 0 Å². The molecule has 22 heavy (non-hydrogen) atoms. The van der Waals surface area contributed by atoms with Gasteiger partial charge in [-0.05, 0) is 62.6 Å². The fourth-order valence-electron chi connectivity index (χ4n) is 3.26. The van der Waals surface area contributed by atoms with E-state index in [9.17, 15) is 4.79 Å². The third-order valence-electron chi connectivity index (χ3n) is 4.98. The Morgan fingerprint density at radius 3 is 2.77 bits per heavy atom. The fourth-order valence-corrected chi connectivity index (χ4v) is 3.26. The lowest BCUT2D eigenvalue weighted by molar-refractivity contribution is -0.121. The number of benzene rings is 1. The Morgan fingerprint density at radius 1 is 1.32 bits per heavy atom. The van der Waals surface area contributed by atoms with Crippen LogP contribution < -0.4 is 10.6 Å². The molecule has 2 heterocycles. The summed E-state index contributed by atoms with van der Waals surface area (Å²) in [7, 11) is 0. The Hall–Kier alpha value is -1.39. The first-order valence-electron chi connectivity index (χ1n) is 8.55. The van der Waals surface area contributed by atoms with Crippen molar-refractivity contribution in [1.82, 2.24) is 10.2 Å². The Balaban J connectivity index is 1.57. The molecule has 4 heteroatoms. The molecule has 4 nitrogen and oxygen atoms in total. The lowest BCUT2D eigenvalue weighted by atomic mass is 9.88. The van der Waals surface area contributed by atoms with E-state index in [0.717, 1.165) is 25.3 Å². The molecule has 0 aromatic heterocycles. The van der Waals surface area contributed by atoms with Crippen LogP contribution >= 0.6 is 0 Å². The number of carbonyl (C=O) groups excluding carboxylic acids is 1. The Labute approximate surface area is 133 Å². The number of anilines is 1. The van der Waals surface area contributed by atoms with Gasteiger partial charge in [0, 0.05) is 18.2 Å². The molecule has 2 aliphatic rings. The number of piperidine rings is 1. The van der Waals surface area contributed by atoms with Gasteiger partial charge in [0.05, 0.1) is 0 Å². The van der Waals surface area contributed by atoms with Crippen molar-refractivity contribution in [1.29, 1.82) is 0 Å². The maximum Gasteiger partial charge on any atom is 0.227 e. The zero-order valence-corrected chi connectivity index (χ0v) is 13.5. The average molecular weight is 301 g/mol. The minimum absolute atomic E-state index is 0.0759. The van der Waals surface area contributed by atoms with Crippen molar-refractivity contribution >= 4 is 11.6 Å². The molecule has 0 spiro atoms. The van der Waals surface area contributed by atoms with Crippen molar-refractivity contribution in [3.05, 3.63) is 29.8 Å². The molecule has 2 aliphatic heterocycles. The summed E-state index contributed by atoms with van der Waals surface area (Å²) in [6.07, 6.45) is 3.98. The smallest absolute Gasteiger partial charge is 0.227 e. The lowest BCUT2D eigenvalue weighted by Gasteiger charge is -2.31. The molecule has 1 amide bonds. The standard InChI is InChI=1S/C18H27N3O/c1-14(16-11-19-12-16)18(22)20-17-7-5-6-15(10-17)13-21-8-3-2-4-9-21/h5-7,10,14,16,19H,2-4,8-9,11-13H2,1H3,(H,20,22). The highest BCUT2D eigenvalue weighted by atomic mass is 16.1. The van der Waals surface area contributed by atoms with Crippen LogP contribution in [0.5, 0.6) is 0 Å². The normalized spacial score (nSPS) is 21.1. The summed E-state index contributed by atoms with van der Waals surface area (Å²) in [5.74, 6) is 0.699. The quantitative estimate of drug-likeness (QED) is 0.878. The number of nitrogens with one attached hydrogen (secondary N) is 2. The van der Waals surface area contributed by atoms with Gasteiger partial charge in [0.25, 0.3) is 0 Å². The predicted octanol–water partition coefficient (Wildman–Crippen LogP) is 2.47. The van der Waals surface area contributed by atoms with E-state index in [1.54, 1.807) is 0 Å². The molecule has 1 aromatic rings. The van der Waals surface area contributed by atoms with Crippen molar-refractivity contribution in [3.63, 3.8) is 0 Å². The average Bonchev–Trinajstić information content (AvgIpc) is 2.47. The largest absolute Gasteiger partial charge is 0.326 e. The van der Waals surface area contributed by atoms with Gasteiger partial charge in [-0.3, -0.25) is 9.69 Å². The first-order chi connectivity index (χ1) is 10.7. The highest BCUT2D eigenvalue weighted by Crippen LogP contribution is 2.20. The van der Waals surface area contributed by atoms with Gasteiger partial charge in [0.2, 0.25) is 5.91 Å². The van der Waals surface area contributed by atoms with Crippen molar-refractivity contribution < 1.29 is 4.79 Å². The molecule has 1 atom stereocenters. The maximum atomic E-state index is 12.3. The van der Waals surface area contributed by atoms with Gasteiger partial charge < -0.3 is 10.6 Å². The zero-order valence-electron chi connectivity index (χ0n) is 13.5. The van der Waals surface area contributed by atoms with Crippen LogP contribution in [0.25, 0.3) is 0 Å². The first-order valence-corrected chi connectivity index (χ1v) is 8.55. The number of amides is 1. The number of carbonyl (C=O) groups is 1. The molecule has 0 radical (unpaired) electrons. The molecule has 2 N–H and O–H groups in total. The molecular weight excluding hydrogens is 274 g/mol. The molecule has 1 unspecified atom stereocenters. The fraction of sp³-hybridized carbons (Fsp3) is 0.611. The highest BCUT2D eigenvalue weighted by molar-refractivity contribution is 5.92. The van der Waals surface area contributed by atoms with E-state index in [1.165, 1.54) is 37.9 Å². The second kappa shape index (κ2) is 7.25. The number of hydrogen-bond acceptors (Lipinski definition) is 3. The van der Waals surface area contributed by atoms with E-state index in [-0.39, 0.29) is 11.8 Å². The van der Waals surface area contributed by atoms with E-state index in [2.05, 4.69) is 27.7 Å². The zero-order chi connectivity index (χ0) is 15.4. The van der Waals surface area contributed by atoms with Crippen molar-refractivity contribution in [2.24, 2.45) is 11.8 Å². The van der Waals surface area contributed by atoms with E-state index in [0.29, 0.717) is 5.92 Å². The lowest BCUT2D eigenvalue weighted by Crippen LogP contribution is -2.48. The maximum absolute atomic E-state index is 12.3. The Bertz CT molecular complexity index is 507. The molecule has 0 bridgehead atoms. The van der Waals surface area contributed by atoms with Crippen LogP contribution in [0.1, 0.15) is 31.7 Å². The van der Waals surface area contributed by atoms with Crippen LogP contribution in [0.2, 0.25) is 0 Å². The second-order valence-electron chi connectivity index (χ2n) is 6.73. The first kappa shape index (κ1) is 15.5. The Morgan fingerprint density at radius 2 is 2.09 bits per heavy atom. The van der Waals surface area contributed by atoms with Gasteiger partial charge in [-0.25, -0.2) is 0 Å². The molecule has 2 fully saturated rings. The van der Waals surface area contributed by atoms with Gasteiger partial charge in [-0.2, -0.15) is 0 Å². The summed E-state index contributed by atoms with van der Waals surface area (Å²) in [6, 6.07) is 8.32. The summed E-state index contributed by atoms with van der Waals surface area (Å²) in [6.45, 7) is 7.34. The number of nitrogens with zero attached hydrogens (tertiary/aromatic N) is 1. The summed E-state index contributed by atoms with van der Waals surface area (Å²) in [5.41, 5.74) is 2.22. The van der Waals surface area contributed by atoms with Crippen LogP contribution in [0.15, 0.2) is 24.3 Å². The minimum atomic E-state index is 0.0759. The molecular formula is C18H27N3O. The highest BCUT2D eigenvalue weighted by Gasteiger charge is 2.28. The van der Waals surface area contributed by atoms with E-state index in [4.69, 9.17) is 0 Å². The number of rotatable bonds is 5. The van der Waals surface area contributed by atoms with Crippen molar-refractivity contribution in [3.8, 4) is 0 Å². The van der Waals surface area contributed by atoms with Crippen LogP contribution in [0.4, 0.5) is 5.69 Å². The van der Waals surface area contributed by atoms with E-state index >= 15 is 0 Å². The minimum Gasteiger partial charge on any atom is -0.326 e. The van der Waals surface area contributed by atoms with Crippen molar-refractivity contribution in [2.75, 3.05) is 31.5 Å². The number of likely N-dealkylation sites (tertiary alicyclic amines) is 1. The summed E-state index contributed by atoms with van der Waals surface area (Å²) in [5, 5.41) is 6.31. The molecule has 0 aliphatic carbocycles. The third kappa shape index (κ3) is 3.87. The van der Waals surface area contributed by atoms with E-state index in [1.807, 2.05) is 19.1 Å². The molecule has 1 aromatic carbocycles. The van der Waals surface area contributed by atoms with Gasteiger partial charge in [-0.1, -0.05) is 25.5 Å². The SMILES string of the molecule is CC(C(=O)Nc1cccc(CN2CCCCC2)c1)C1CNC1. The topological polar surface area (TPSA) is 44.4 Å². The van der Waals surface area contributed by atoms with Gasteiger partial charge >= 0.3 is 0 Å². The van der Waals surface area contributed by atoms with Crippen LogP contribution in [0.3, 0.4) is 0 Å². The van der Waals surface area contributed by atoms with Crippen LogP contribution in [-0.2, 0) is 11.3 Å². The summed E-state index contributed by atoms with van der Waals surface area (Å²) in [4.78, 5) is 14.8. The predicted molar refractivity (Wildman–Crippen MR) is 89.7 cm³/mol. The van der Waals surface area contributed by atoms with Gasteiger partial charge in [0.1, 0.15) is 0 Å². The summed E-state index contributed by atoms with van der Waals surface area (Å²) >= 11 is 0. The summed E-state index contributed by atoms with van der Waals surface area (Å²) < 4.78 is 0. The second-order valence-corrected chi connectivity index (χ2v) is 6.73. The van der Waals surface area contributed by atoms with Crippen molar-refractivity contribution in [2.45, 2.75) is 32.7 Å². The molecule has 0 saturated carbocycles. The van der Waals surface area contributed by atoms with Gasteiger partial charge in [0.15, 0.2) is 0 Å². The van der Waals surface area contributed by atoms with Gasteiger partial charge in [-0.15, -0.1) is 0 Å². The monoisotopic (exact) mass is 301 g/mol. The third-order valence-corrected chi connectivity index (χ3v) is 4.98. The number of hydrogen-bond donors (Lipinski definition) is 2. The molecule has 3 rings (SSSR count). The van der Waals surface area contributed by atoms with Crippen LogP contribution in [-0.4, -0.2) is 37.0 Å². The van der Waals surface area contributed by atoms with Crippen LogP contribution in [0, 0.1) is 11.8 Å².